The van der Waals surface area contributed by atoms with E-state index in [1.807, 2.05) is 12.1 Å². The molecule has 1 aliphatic heterocycles. The Bertz CT molecular complexity index is 953. The highest BCUT2D eigenvalue weighted by Crippen LogP contribution is 2.31. The van der Waals surface area contributed by atoms with Crippen molar-refractivity contribution in [1.82, 2.24) is 5.32 Å². The maximum Gasteiger partial charge on any atom is 0.293 e. The van der Waals surface area contributed by atoms with Crippen LogP contribution < -0.4 is 20.1 Å². The molecular formula is C24H33N5O2+2. The molecule has 0 bridgehead atoms. The highest BCUT2D eigenvalue weighted by Gasteiger charge is 2.34. The molecule has 2 aromatic rings. The molecule has 1 amide bonds. The molecule has 1 saturated heterocycles. The number of hydrogen-bond donors (Lipinski definition) is 2. The number of aromatic nitrogens is 1. The number of H-pyrrole nitrogens is 1. The number of carbonyl (C=O) groups excluding carboxylic acids is 1. The van der Waals surface area contributed by atoms with Crippen LogP contribution >= 0.6 is 0 Å². The van der Waals surface area contributed by atoms with Crippen LogP contribution in [-0.4, -0.2) is 38.6 Å². The van der Waals surface area contributed by atoms with Gasteiger partial charge in [-0.05, 0) is 48.4 Å². The van der Waals surface area contributed by atoms with Crippen LogP contribution in [0.5, 0.6) is 0 Å². The van der Waals surface area contributed by atoms with Crippen LogP contribution in [0.2, 0.25) is 0 Å². The van der Waals surface area contributed by atoms with Crippen molar-refractivity contribution in [3.05, 3.63) is 46.5 Å². The van der Waals surface area contributed by atoms with Crippen molar-refractivity contribution in [2.45, 2.75) is 46.1 Å². The summed E-state index contributed by atoms with van der Waals surface area (Å²) in [5, 5.41) is 12.9. The lowest BCUT2D eigenvalue weighted by molar-refractivity contribution is -0.892. The number of pyridine rings is 1. The predicted molar refractivity (Wildman–Crippen MR) is 117 cm³/mol. The highest BCUT2D eigenvalue weighted by atomic mass is 16.3. The summed E-state index contributed by atoms with van der Waals surface area (Å²) in [7, 11) is 0. The molecule has 1 aliphatic carbocycles. The number of aromatic amines is 1. The highest BCUT2D eigenvalue weighted by molar-refractivity contribution is 5.76. The van der Waals surface area contributed by atoms with Crippen molar-refractivity contribution in [2.75, 3.05) is 37.6 Å². The Hall–Kier alpha value is -2.85. The monoisotopic (exact) mass is 423 g/mol. The second kappa shape index (κ2) is 9.52. The smallest absolute Gasteiger partial charge is 0.293 e. The summed E-state index contributed by atoms with van der Waals surface area (Å²) in [6.45, 7) is 8.81. The van der Waals surface area contributed by atoms with Crippen LogP contribution in [0, 0.1) is 17.2 Å². The molecule has 0 spiro atoms. The van der Waals surface area contributed by atoms with E-state index in [-0.39, 0.29) is 5.91 Å². The third-order valence-electron chi connectivity index (χ3n) is 6.35. The fourth-order valence-electron chi connectivity index (χ4n) is 4.83. The Morgan fingerprint density at radius 1 is 1.32 bits per heavy atom. The molecule has 0 aromatic carbocycles. The van der Waals surface area contributed by atoms with Crippen molar-refractivity contribution in [2.24, 2.45) is 5.92 Å². The zero-order valence-corrected chi connectivity index (χ0v) is 18.6. The molecule has 0 saturated carbocycles. The summed E-state index contributed by atoms with van der Waals surface area (Å²) in [5.74, 6) is 2.37. The van der Waals surface area contributed by atoms with Gasteiger partial charge in [-0.3, -0.25) is 4.79 Å². The van der Waals surface area contributed by atoms with Gasteiger partial charge in [0.15, 0.2) is 6.54 Å². The number of furan rings is 1. The van der Waals surface area contributed by atoms with Gasteiger partial charge in [0.2, 0.25) is 0 Å². The largest absolute Gasteiger partial charge is 0.467 e. The molecule has 2 aliphatic rings. The topological polar surface area (TPSA) is 87.8 Å². The molecule has 7 nitrogen and oxygen atoms in total. The zero-order valence-electron chi connectivity index (χ0n) is 18.6. The molecule has 31 heavy (non-hydrogen) atoms. The lowest BCUT2D eigenvalue weighted by Crippen LogP contribution is -3.16. The number of carbonyl (C=O) groups is 1. The normalized spacial score (nSPS) is 16.4. The van der Waals surface area contributed by atoms with Gasteiger partial charge >= 0.3 is 0 Å². The number of nitrogens with zero attached hydrogens (tertiary/aromatic N) is 2. The lowest BCUT2D eigenvalue weighted by Gasteiger charge is -2.29. The van der Waals surface area contributed by atoms with E-state index in [0.717, 1.165) is 69.0 Å². The summed E-state index contributed by atoms with van der Waals surface area (Å²) in [6.07, 6.45) is 5.85. The van der Waals surface area contributed by atoms with Crippen LogP contribution in [0.3, 0.4) is 0 Å². The van der Waals surface area contributed by atoms with Crippen LogP contribution in [0.15, 0.2) is 22.8 Å². The average molecular weight is 424 g/mol. The first-order valence-corrected chi connectivity index (χ1v) is 11.4. The molecular weight excluding hydrogens is 390 g/mol. The third-order valence-corrected chi connectivity index (χ3v) is 6.35. The minimum absolute atomic E-state index is 0.0425. The number of quaternary nitrogens is 1. The number of hydrogen-bond acceptors (Lipinski definition) is 4. The Kier molecular flexibility index (Phi) is 6.57. The number of piperazine rings is 1. The first kappa shape index (κ1) is 21.4. The van der Waals surface area contributed by atoms with Gasteiger partial charge in [-0.25, -0.2) is 9.88 Å². The molecule has 0 radical (unpaired) electrons. The first-order valence-electron chi connectivity index (χ1n) is 11.4. The van der Waals surface area contributed by atoms with Crippen molar-refractivity contribution in [1.29, 1.82) is 5.26 Å². The van der Waals surface area contributed by atoms with Crippen LogP contribution in [-0.2, 0) is 30.6 Å². The van der Waals surface area contributed by atoms with Gasteiger partial charge < -0.3 is 14.6 Å². The quantitative estimate of drug-likeness (QED) is 0.685. The average Bonchev–Trinajstić information content (AvgIpc) is 3.44. The number of nitriles is 1. The fraction of sp³-hybridized carbons (Fsp3) is 0.542. The van der Waals surface area contributed by atoms with Crippen LogP contribution in [0.4, 0.5) is 5.82 Å². The van der Waals surface area contributed by atoms with Crippen molar-refractivity contribution in [3.63, 3.8) is 0 Å². The van der Waals surface area contributed by atoms with Crippen LogP contribution in [0.25, 0.3) is 0 Å². The molecule has 1 fully saturated rings. The molecule has 0 atom stereocenters. The van der Waals surface area contributed by atoms with E-state index < -0.39 is 0 Å². The zero-order chi connectivity index (χ0) is 21.8. The minimum Gasteiger partial charge on any atom is -0.467 e. The molecule has 4 rings (SSSR count). The summed E-state index contributed by atoms with van der Waals surface area (Å²) in [5.41, 5.74) is 4.79. The number of nitrogens with one attached hydrogen (secondary N) is 3. The van der Waals surface area contributed by atoms with E-state index in [0.29, 0.717) is 19.0 Å². The van der Waals surface area contributed by atoms with Gasteiger partial charge in [-0.1, -0.05) is 13.8 Å². The van der Waals surface area contributed by atoms with Gasteiger partial charge in [0.25, 0.3) is 11.7 Å². The Morgan fingerprint density at radius 3 is 2.77 bits per heavy atom. The summed E-state index contributed by atoms with van der Waals surface area (Å²) < 4.78 is 5.27. The van der Waals surface area contributed by atoms with Gasteiger partial charge in [0, 0.05) is 6.42 Å². The Balaban J connectivity index is 1.40. The predicted octanol–water partition coefficient (Wildman–Crippen LogP) is 0.674. The van der Waals surface area contributed by atoms with E-state index in [1.54, 1.807) is 6.26 Å². The van der Waals surface area contributed by atoms with E-state index in [4.69, 9.17) is 4.42 Å². The molecule has 0 unspecified atom stereocenters. The Labute approximate surface area is 184 Å². The molecule has 164 valence electrons. The number of fused-ring (bicyclic) bond motifs is 1. The maximum atomic E-state index is 12.3. The first-order chi connectivity index (χ1) is 15.0. The van der Waals surface area contributed by atoms with E-state index in [2.05, 4.69) is 35.1 Å². The summed E-state index contributed by atoms with van der Waals surface area (Å²) in [6, 6.07) is 6.18. The Morgan fingerprint density at radius 2 is 2.10 bits per heavy atom. The van der Waals surface area contributed by atoms with Crippen molar-refractivity contribution < 1.29 is 19.1 Å². The summed E-state index contributed by atoms with van der Waals surface area (Å²) in [4.78, 5) is 19.5. The summed E-state index contributed by atoms with van der Waals surface area (Å²) >= 11 is 0. The van der Waals surface area contributed by atoms with Gasteiger partial charge in [-0.15, -0.1) is 0 Å². The van der Waals surface area contributed by atoms with Gasteiger partial charge in [0.1, 0.15) is 49.3 Å². The van der Waals surface area contributed by atoms with Gasteiger partial charge in [-0.2, -0.15) is 5.26 Å². The van der Waals surface area contributed by atoms with E-state index in [1.165, 1.54) is 21.7 Å². The standard InChI is InChI=1S/C24H31N5O2/c1-17(2)13-22-20-7-3-6-19(20)21(14-25)24(27-22)29-10-8-28(9-11-29)16-23(30)26-15-18-5-4-12-31-18/h4-5,12,17H,3,6-11,13,15-16H2,1-2H3,(H,26,30)/p+2. The molecule has 3 heterocycles. The van der Waals surface area contributed by atoms with Crippen molar-refractivity contribution >= 4 is 11.7 Å². The van der Waals surface area contributed by atoms with E-state index >= 15 is 0 Å². The van der Waals surface area contributed by atoms with Crippen molar-refractivity contribution in [3.8, 4) is 6.07 Å². The van der Waals surface area contributed by atoms with Crippen LogP contribution in [0.1, 0.15) is 48.4 Å². The molecule has 7 heteroatoms. The number of rotatable bonds is 7. The van der Waals surface area contributed by atoms with Gasteiger partial charge in [0.05, 0.1) is 12.8 Å². The lowest BCUT2D eigenvalue weighted by atomic mass is 9.97. The van der Waals surface area contributed by atoms with E-state index in [9.17, 15) is 10.1 Å². The molecule has 3 N–H and O–H groups in total. The SMILES string of the molecule is CC(C)Cc1[nH+]c(N2CC[NH+](CC(=O)NCc3ccco3)CC2)c(C#N)c2c1CCC2. The maximum absolute atomic E-state index is 12.3. The second-order valence-corrected chi connectivity index (χ2v) is 9.12. The fourth-order valence-corrected chi connectivity index (χ4v) is 4.83. The second-order valence-electron chi connectivity index (χ2n) is 9.12. The molecule has 2 aromatic heterocycles. The minimum atomic E-state index is 0.0425. The number of amides is 1. The third kappa shape index (κ3) is 4.91. The number of anilines is 1.